The molecule has 7 nitrogen and oxygen atoms in total. The topological polar surface area (TPSA) is 84.0 Å². The number of carbonyl (C=O) groups is 2. The molecule has 0 saturated carbocycles. The van der Waals surface area contributed by atoms with Gasteiger partial charge in [0.2, 0.25) is 10.0 Å². The maximum atomic E-state index is 12.9. The fourth-order valence-corrected chi connectivity index (χ4v) is 4.44. The van der Waals surface area contributed by atoms with Crippen LogP contribution in [0.1, 0.15) is 16.7 Å². The number of rotatable bonds is 6. The lowest BCUT2D eigenvalue weighted by molar-refractivity contribution is -0.186. The van der Waals surface area contributed by atoms with Gasteiger partial charge >= 0.3 is 18.1 Å². The van der Waals surface area contributed by atoms with Crippen molar-refractivity contribution in [3.63, 3.8) is 0 Å². The second kappa shape index (κ2) is 9.29. The average molecular weight is 470 g/mol. The fourth-order valence-electron chi connectivity index (χ4n) is 3.28. The maximum absolute atomic E-state index is 12.9. The molecule has 172 valence electrons. The molecule has 0 radical (unpaired) electrons. The molecule has 1 aliphatic heterocycles. The summed E-state index contributed by atoms with van der Waals surface area (Å²) in [5.41, 5.74) is 1.73. The van der Waals surface area contributed by atoms with Crippen molar-refractivity contribution in [2.24, 2.45) is 0 Å². The number of likely N-dealkylation sites (N-methyl/N-ethyl adjacent to an activating group) is 1. The van der Waals surface area contributed by atoms with Crippen LogP contribution in [0, 0.1) is 0 Å². The minimum Gasteiger partial charge on any atom is -0.460 e. The van der Waals surface area contributed by atoms with E-state index in [9.17, 15) is 31.2 Å². The minimum atomic E-state index is -5.00. The molecule has 1 amide bonds. The van der Waals surface area contributed by atoms with E-state index in [1.165, 1.54) is 25.2 Å². The van der Waals surface area contributed by atoms with E-state index in [2.05, 4.69) is 0 Å². The molecular weight excluding hydrogens is 449 g/mol. The van der Waals surface area contributed by atoms with Gasteiger partial charge < -0.3 is 9.64 Å². The predicted octanol–water partition coefficient (Wildman–Crippen LogP) is 2.50. The summed E-state index contributed by atoms with van der Waals surface area (Å²) < 4.78 is 69.8. The Bertz CT molecular complexity index is 1100. The number of amides is 1. The highest BCUT2D eigenvalue weighted by molar-refractivity contribution is 7.89. The molecule has 0 aromatic heterocycles. The van der Waals surface area contributed by atoms with Crippen molar-refractivity contribution in [1.29, 1.82) is 0 Å². The summed E-state index contributed by atoms with van der Waals surface area (Å²) >= 11 is 0. The van der Waals surface area contributed by atoms with Crippen molar-refractivity contribution in [2.75, 3.05) is 20.1 Å². The van der Waals surface area contributed by atoms with E-state index in [0.717, 1.165) is 9.87 Å². The van der Waals surface area contributed by atoms with Crippen LogP contribution in [0.5, 0.6) is 0 Å². The van der Waals surface area contributed by atoms with Crippen molar-refractivity contribution in [1.82, 2.24) is 9.21 Å². The lowest BCUT2D eigenvalue weighted by Gasteiger charge is -2.30. The summed E-state index contributed by atoms with van der Waals surface area (Å²) in [6.45, 7) is -0.995. The van der Waals surface area contributed by atoms with Crippen molar-refractivity contribution >= 4 is 21.9 Å². The first-order valence-electron chi connectivity index (χ1n) is 9.62. The highest BCUT2D eigenvalue weighted by Gasteiger charge is 2.43. The number of esters is 1. The Morgan fingerprint density at radius 2 is 1.78 bits per heavy atom. The second-order valence-corrected chi connectivity index (χ2v) is 9.36. The third-order valence-corrected chi connectivity index (χ3v) is 6.82. The van der Waals surface area contributed by atoms with Crippen LogP contribution in [0.2, 0.25) is 0 Å². The van der Waals surface area contributed by atoms with Crippen LogP contribution in [0.4, 0.5) is 13.2 Å². The highest BCUT2D eigenvalue weighted by atomic mass is 32.2. The number of hydrogen-bond donors (Lipinski definition) is 0. The number of halogens is 3. The maximum Gasteiger partial charge on any atom is 0.471 e. The first kappa shape index (κ1) is 23.7. The standard InChI is InChI=1S/C21H21F3N2O5S/c1-25(13-19(27)31-14-15-5-3-2-4-6-15)32(29,30)18-8-7-16-9-10-26(12-17(16)11-18)20(28)21(22,23)24/h2-8,11H,9-10,12-14H2,1H3. The summed E-state index contributed by atoms with van der Waals surface area (Å²) in [7, 11) is -2.90. The van der Waals surface area contributed by atoms with Gasteiger partial charge in [0, 0.05) is 20.1 Å². The van der Waals surface area contributed by atoms with Crippen LogP contribution in [-0.4, -0.2) is 55.8 Å². The summed E-state index contributed by atoms with van der Waals surface area (Å²) in [5, 5.41) is 0. The van der Waals surface area contributed by atoms with Crippen LogP contribution in [0.25, 0.3) is 0 Å². The molecule has 0 saturated heterocycles. The number of benzene rings is 2. The zero-order chi connectivity index (χ0) is 23.5. The Hall–Kier alpha value is -2.92. The molecule has 2 aromatic carbocycles. The van der Waals surface area contributed by atoms with Crippen LogP contribution in [-0.2, 0) is 43.9 Å². The lowest BCUT2D eigenvalue weighted by Crippen LogP contribution is -2.43. The van der Waals surface area contributed by atoms with Gasteiger partial charge in [-0.1, -0.05) is 36.4 Å². The first-order valence-corrected chi connectivity index (χ1v) is 11.1. The summed E-state index contributed by atoms with van der Waals surface area (Å²) in [6, 6.07) is 13.0. The predicted molar refractivity (Wildman–Crippen MR) is 108 cm³/mol. The van der Waals surface area contributed by atoms with Gasteiger partial charge in [-0.05, 0) is 35.2 Å². The van der Waals surface area contributed by atoms with Crippen molar-refractivity contribution in [2.45, 2.75) is 30.6 Å². The molecule has 0 spiro atoms. The van der Waals surface area contributed by atoms with Gasteiger partial charge in [0.1, 0.15) is 13.2 Å². The van der Waals surface area contributed by atoms with Crippen LogP contribution in [0.3, 0.4) is 0 Å². The van der Waals surface area contributed by atoms with E-state index in [0.29, 0.717) is 16.0 Å². The van der Waals surface area contributed by atoms with Crippen molar-refractivity contribution < 1.29 is 35.9 Å². The molecule has 0 fully saturated rings. The number of alkyl halides is 3. The highest BCUT2D eigenvalue weighted by Crippen LogP contribution is 2.27. The third kappa shape index (κ3) is 5.46. The van der Waals surface area contributed by atoms with Gasteiger partial charge in [0.15, 0.2) is 0 Å². The van der Waals surface area contributed by atoms with Gasteiger partial charge in [-0.2, -0.15) is 17.5 Å². The molecule has 0 unspecified atom stereocenters. The van der Waals surface area contributed by atoms with Crippen LogP contribution < -0.4 is 0 Å². The smallest absolute Gasteiger partial charge is 0.460 e. The normalized spacial score (nSPS) is 14.2. The number of nitrogens with zero attached hydrogens (tertiary/aromatic N) is 2. The molecular formula is C21H21F3N2O5S. The van der Waals surface area contributed by atoms with Gasteiger partial charge in [-0.25, -0.2) is 8.42 Å². The number of sulfonamides is 1. The van der Waals surface area contributed by atoms with E-state index in [4.69, 9.17) is 4.74 Å². The Kier molecular flexibility index (Phi) is 6.89. The number of hydrogen-bond acceptors (Lipinski definition) is 5. The molecule has 0 bridgehead atoms. The SMILES string of the molecule is CN(CC(=O)OCc1ccccc1)S(=O)(=O)c1ccc2c(c1)CN(C(=O)C(F)(F)F)CC2. The fraction of sp³-hybridized carbons (Fsp3) is 0.333. The zero-order valence-corrected chi connectivity index (χ0v) is 17.9. The Morgan fingerprint density at radius 3 is 2.44 bits per heavy atom. The Labute approximate surface area is 183 Å². The summed E-state index contributed by atoms with van der Waals surface area (Å²) in [6.07, 6.45) is -4.82. The van der Waals surface area contributed by atoms with Crippen molar-refractivity contribution in [3.8, 4) is 0 Å². The zero-order valence-electron chi connectivity index (χ0n) is 17.1. The van der Waals surface area contributed by atoms with E-state index in [-0.39, 0.29) is 31.0 Å². The largest absolute Gasteiger partial charge is 0.471 e. The van der Waals surface area contributed by atoms with Gasteiger partial charge in [-0.15, -0.1) is 0 Å². The number of ether oxygens (including phenoxy) is 1. The van der Waals surface area contributed by atoms with Crippen LogP contribution in [0.15, 0.2) is 53.4 Å². The molecule has 1 heterocycles. The molecule has 0 N–H and O–H groups in total. The average Bonchev–Trinajstić information content (AvgIpc) is 2.76. The molecule has 11 heteroatoms. The Balaban J connectivity index is 1.69. The molecule has 0 aliphatic carbocycles. The molecule has 1 aliphatic rings. The number of carbonyl (C=O) groups excluding carboxylic acids is 2. The molecule has 3 rings (SSSR count). The lowest BCUT2D eigenvalue weighted by atomic mass is 10.00. The van der Waals surface area contributed by atoms with Gasteiger partial charge in [0.25, 0.3) is 0 Å². The van der Waals surface area contributed by atoms with Crippen molar-refractivity contribution in [3.05, 3.63) is 65.2 Å². The Morgan fingerprint density at radius 1 is 1.09 bits per heavy atom. The van der Waals surface area contributed by atoms with E-state index in [1.54, 1.807) is 24.3 Å². The summed E-state index contributed by atoms with van der Waals surface area (Å²) in [4.78, 5) is 24.1. The quantitative estimate of drug-likeness (QED) is 0.606. The van der Waals surface area contributed by atoms with Gasteiger partial charge in [0.05, 0.1) is 4.90 Å². The summed E-state index contributed by atoms with van der Waals surface area (Å²) in [5.74, 6) is -2.71. The molecule has 32 heavy (non-hydrogen) atoms. The monoisotopic (exact) mass is 470 g/mol. The van der Waals surface area contributed by atoms with Gasteiger partial charge in [-0.3, -0.25) is 9.59 Å². The molecule has 0 atom stereocenters. The van der Waals surface area contributed by atoms with E-state index in [1.807, 2.05) is 6.07 Å². The third-order valence-electron chi connectivity index (χ3n) is 5.02. The first-order chi connectivity index (χ1) is 15.0. The van der Waals surface area contributed by atoms with Crippen LogP contribution >= 0.6 is 0 Å². The number of fused-ring (bicyclic) bond motifs is 1. The molecule has 2 aromatic rings. The van der Waals surface area contributed by atoms with E-state index < -0.39 is 34.6 Å². The van der Waals surface area contributed by atoms with E-state index >= 15 is 0 Å². The minimum absolute atomic E-state index is 0.00449. The second-order valence-electron chi connectivity index (χ2n) is 7.31.